The number of thiophene rings is 1. The molecule has 0 aliphatic heterocycles. The molecule has 4 rings (SSSR count). The van der Waals surface area contributed by atoms with E-state index in [9.17, 15) is 18.0 Å². The summed E-state index contributed by atoms with van der Waals surface area (Å²) in [5.41, 5.74) is 6.10. The molecule has 1 aliphatic rings. The van der Waals surface area contributed by atoms with Crippen molar-refractivity contribution < 1.29 is 22.7 Å². The van der Waals surface area contributed by atoms with Gasteiger partial charge in [-0.2, -0.15) is 13.2 Å². The van der Waals surface area contributed by atoms with E-state index in [-0.39, 0.29) is 37.9 Å². The molecule has 2 heterocycles. The fraction of sp³-hybridized carbons (Fsp3) is 0.364. The molecule has 0 saturated heterocycles. The summed E-state index contributed by atoms with van der Waals surface area (Å²) < 4.78 is 47.8. The fourth-order valence-electron chi connectivity index (χ4n) is 4.18. The number of rotatable bonds is 4. The Morgan fingerprint density at radius 1 is 1.41 bits per heavy atom. The number of halogens is 4. The Morgan fingerprint density at radius 2 is 2.16 bits per heavy atom. The fourth-order valence-corrected chi connectivity index (χ4v) is 5.37. The lowest BCUT2D eigenvalue weighted by atomic mass is 9.82. The summed E-state index contributed by atoms with van der Waals surface area (Å²) in [6.45, 7) is 1.97. The van der Waals surface area contributed by atoms with Crippen molar-refractivity contribution in [3.8, 4) is 5.75 Å². The monoisotopic (exact) mass is 483 g/mol. The summed E-state index contributed by atoms with van der Waals surface area (Å²) in [6, 6.07) is 4.66. The predicted octanol–water partition coefficient (Wildman–Crippen LogP) is 6.33. The van der Waals surface area contributed by atoms with E-state index in [1.54, 1.807) is 12.1 Å². The first-order chi connectivity index (χ1) is 15.1. The van der Waals surface area contributed by atoms with Gasteiger partial charge < -0.3 is 15.8 Å². The van der Waals surface area contributed by atoms with Crippen molar-refractivity contribution in [1.82, 2.24) is 4.98 Å². The number of aryl methyl sites for hydroxylation is 1. The zero-order valence-corrected chi connectivity index (χ0v) is 19.0. The lowest BCUT2D eigenvalue weighted by Gasteiger charge is -2.26. The highest BCUT2D eigenvalue weighted by Crippen LogP contribution is 2.46. The highest BCUT2D eigenvalue weighted by molar-refractivity contribution is 7.21. The Balaban J connectivity index is 1.84. The topological polar surface area (TPSA) is 77.2 Å². The Kier molecular flexibility index (Phi) is 5.98. The van der Waals surface area contributed by atoms with Crippen LogP contribution in [0, 0.1) is 5.92 Å². The van der Waals surface area contributed by atoms with Crippen molar-refractivity contribution in [3.63, 3.8) is 0 Å². The number of nitrogen functional groups attached to an aromatic ring is 1. The van der Waals surface area contributed by atoms with Gasteiger partial charge in [-0.3, -0.25) is 4.79 Å². The van der Waals surface area contributed by atoms with Gasteiger partial charge in [0.15, 0.2) is 0 Å². The van der Waals surface area contributed by atoms with Gasteiger partial charge in [0, 0.05) is 16.1 Å². The number of pyridine rings is 1. The first-order valence-corrected chi connectivity index (χ1v) is 11.3. The van der Waals surface area contributed by atoms with Crippen molar-refractivity contribution >= 4 is 50.4 Å². The smallest absolute Gasteiger partial charge is 0.417 e. The number of nitrogens with zero attached hydrogens (tertiary/aromatic N) is 1. The van der Waals surface area contributed by atoms with Crippen LogP contribution in [-0.4, -0.2) is 18.0 Å². The molecule has 2 aromatic heterocycles. The van der Waals surface area contributed by atoms with Crippen LogP contribution >= 0.6 is 22.9 Å². The van der Waals surface area contributed by atoms with E-state index in [4.69, 9.17) is 22.1 Å². The summed E-state index contributed by atoms with van der Waals surface area (Å²) in [7, 11) is 1.43. The van der Waals surface area contributed by atoms with Crippen LogP contribution in [0.5, 0.6) is 5.75 Å². The van der Waals surface area contributed by atoms with Crippen LogP contribution in [0.3, 0.4) is 0 Å². The number of aromatic nitrogens is 1. The van der Waals surface area contributed by atoms with Crippen LogP contribution in [0.4, 0.5) is 24.5 Å². The maximum absolute atomic E-state index is 14.2. The minimum absolute atomic E-state index is 0.0329. The van der Waals surface area contributed by atoms with Gasteiger partial charge in [0.2, 0.25) is 0 Å². The third kappa shape index (κ3) is 3.99. The Morgan fingerprint density at radius 3 is 2.81 bits per heavy atom. The highest BCUT2D eigenvalue weighted by Gasteiger charge is 2.40. The number of methoxy groups -OCH3 is 1. The number of nitrogens with two attached hydrogens (primary N) is 1. The lowest BCUT2D eigenvalue weighted by molar-refractivity contribution is -0.137. The van der Waals surface area contributed by atoms with Gasteiger partial charge in [-0.05, 0) is 48.9 Å². The zero-order chi connectivity index (χ0) is 23.2. The van der Waals surface area contributed by atoms with Gasteiger partial charge in [-0.25, -0.2) is 4.98 Å². The van der Waals surface area contributed by atoms with Gasteiger partial charge >= 0.3 is 6.18 Å². The third-order valence-electron chi connectivity index (χ3n) is 5.82. The van der Waals surface area contributed by atoms with E-state index in [0.717, 1.165) is 24.2 Å². The molecule has 32 heavy (non-hydrogen) atoms. The van der Waals surface area contributed by atoms with Crippen LogP contribution in [0.15, 0.2) is 18.2 Å². The van der Waals surface area contributed by atoms with Crippen LogP contribution in [0.1, 0.15) is 46.3 Å². The minimum Gasteiger partial charge on any atom is -0.495 e. The second kappa shape index (κ2) is 8.44. The third-order valence-corrected chi connectivity index (χ3v) is 7.16. The number of ether oxygens (including phenoxy) is 1. The van der Waals surface area contributed by atoms with Gasteiger partial charge in [0.25, 0.3) is 5.91 Å². The molecular formula is C22H21ClF3N3O2S. The number of amides is 1. The van der Waals surface area contributed by atoms with Crippen LogP contribution in [-0.2, 0) is 19.0 Å². The quantitative estimate of drug-likeness (QED) is 0.454. The molecule has 0 saturated carbocycles. The maximum Gasteiger partial charge on any atom is 0.417 e. The van der Waals surface area contributed by atoms with Gasteiger partial charge in [0.1, 0.15) is 15.5 Å². The summed E-state index contributed by atoms with van der Waals surface area (Å²) in [5, 5.41) is 2.81. The van der Waals surface area contributed by atoms with Crippen molar-refractivity contribution in [2.24, 2.45) is 5.92 Å². The standard InChI is InChI=1S/C22H21ClF3N3O2S/c1-3-10-4-6-13-12(8-10)17(22(24,25)26)16-18(27)19(32-21(16)29-13)20(30)28-14-9-11(23)5-7-15(14)31-2/h5,7,9-10H,3-4,6,8,27H2,1-2H3,(H,28,30). The van der Waals surface area contributed by atoms with Crippen molar-refractivity contribution in [3.05, 3.63) is 44.9 Å². The molecule has 0 fully saturated rings. The number of hydrogen-bond acceptors (Lipinski definition) is 5. The number of anilines is 2. The summed E-state index contributed by atoms with van der Waals surface area (Å²) >= 11 is 6.86. The predicted molar refractivity (Wildman–Crippen MR) is 121 cm³/mol. The second-order valence-electron chi connectivity index (χ2n) is 7.75. The van der Waals surface area contributed by atoms with Crippen LogP contribution in [0.2, 0.25) is 5.02 Å². The Bertz CT molecular complexity index is 1210. The summed E-state index contributed by atoms with van der Waals surface area (Å²) in [4.78, 5) is 17.6. The second-order valence-corrected chi connectivity index (χ2v) is 9.19. The van der Waals surface area contributed by atoms with Gasteiger partial charge in [-0.1, -0.05) is 24.9 Å². The first kappa shape index (κ1) is 22.7. The number of carbonyl (C=O) groups is 1. The van der Waals surface area contributed by atoms with E-state index in [1.165, 1.54) is 13.2 Å². The van der Waals surface area contributed by atoms with Crippen LogP contribution < -0.4 is 15.8 Å². The molecule has 1 amide bonds. The van der Waals surface area contributed by atoms with E-state index in [0.29, 0.717) is 29.3 Å². The zero-order valence-electron chi connectivity index (χ0n) is 17.4. The molecule has 1 atom stereocenters. The Hall–Kier alpha value is -2.52. The highest BCUT2D eigenvalue weighted by atomic mass is 35.5. The van der Waals surface area contributed by atoms with Crippen molar-refractivity contribution in [2.45, 2.75) is 38.8 Å². The van der Waals surface area contributed by atoms with Gasteiger partial charge in [-0.15, -0.1) is 11.3 Å². The molecule has 3 aromatic rings. The molecule has 0 bridgehead atoms. The number of benzene rings is 1. The van der Waals surface area contributed by atoms with Gasteiger partial charge in [0.05, 0.1) is 24.0 Å². The molecule has 170 valence electrons. The molecule has 0 spiro atoms. The average molecular weight is 484 g/mol. The van der Waals surface area contributed by atoms with E-state index in [2.05, 4.69) is 10.3 Å². The molecule has 3 N–H and O–H groups in total. The number of alkyl halides is 3. The summed E-state index contributed by atoms with van der Waals surface area (Å²) in [5.74, 6) is -0.123. The molecule has 1 aliphatic carbocycles. The van der Waals surface area contributed by atoms with E-state index in [1.807, 2.05) is 6.92 Å². The van der Waals surface area contributed by atoms with E-state index >= 15 is 0 Å². The SMILES string of the molecule is CCC1CCc2nc3sc(C(=O)Nc4cc(Cl)ccc4OC)c(N)c3c(C(F)(F)F)c2C1. The molecule has 1 unspecified atom stereocenters. The number of carbonyl (C=O) groups excluding carboxylic acids is 1. The van der Waals surface area contributed by atoms with Crippen LogP contribution in [0.25, 0.3) is 10.2 Å². The molecular weight excluding hydrogens is 463 g/mol. The number of fused-ring (bicyclic) bond motifs is 2. The normalized spacial score (nSPS) is 16.1. The Labute approximate surface area is 191 Å². The molecule has 10 heteroatoms. The molecule has 5 nitrogen and oxygen atoms in total. The molecule has 0 radical (unpaired) electrons. The molecule has 1 aromatic carbocycles. The number of nitrogens with one attached hydrogen (secondary N) is 1. The minimum atomic E-state index is -4.61. The van der Waals surface area contributed by atoms with Crippen molar-refractivity contribution in [1.29, 1.82) is 0 Å². The van der Waals surface area contributed by atoms with E-state index < -0.39 is 17.6 Å². The van der Waals surface area contributed by atoms with Crippen molar-refractivity contribution in [2.75, 3.05) is 18.2 Å². The maximum atomic E-state index is 14.2. The average Bonchev–Trinajstić information content (AvgIpc) is 3.07. The number of hydrogen-bond donors (Lipinski definition) is 2. The largest absolute Gasteiger partial charge is 0.495 e. The lowest BCUT2D eigenvalue weighted by Crippen LogP contribution is -2.21. The first-order valence-electron chi connectivity index (χ1n) is 10.1. The summed E-state index contributed by atoms with van der Waals surface area (Å²) in [6.07, 6.45) is -2.24.